The molecule has 3 aromatic rings. The van der Waals surface area contributed by atoms with Crippen molar-refractivity contribution in [3.8, 4) is 5.75 Å². The summed E-state index contributed by atoms with van der Waals surface area (Å²) in [5.74, 6) is -2.01. The molecule has 0 saturated heterocycles. The second-order valence-corrected chi connectivity index (χ2v) is 6.72. The Hall–Kier alpha value is -3.48. The molecule has 0 aliphatic heterocycles. The first-order valence-corrected chi connectivity index (χ1v) is 8.96. The van der Waals surface area contributed by atoms with Crippen LogP contribution in [0.25, 0.3) is 0 Å². The van der Waals surface area contributed by atoms with Gasteiger partial charge in [0.05, 0.1) is 11.9 Å². The first-order chi connectivity index (χ1) is 13.8. The van der Waals surface area contributed by atoms with Crippen molar-refractivity contribution in [2.45, 2.75) is 27.0 Å². The third-order valence-electron chi connectivity index (χ3n) is 4.34. The number of halogens is 2. The lowest BCUT2D eigenvalue weighted by molar-refractivity contribution is -0.116. The second kappa shape index (κ2) is 8.68. The summed E-state index contributed by atoms with van der Waals surface area (Å²) in [4.78, 5) is 24.5. The second-order valence-electron chi connectivity index (χ2n) is 6.72. The topological polar surface area (TPSA) is 60.3 Å². The Morgan fingerprint density at radius 1 is 1.07 bits per heavy atom. The van der Waals surface area contributed by atoms with Crippen molar-refractivity contribution in [1.29, 1.82) is 0 Å². The summed E-state index contributed by atoms with van der Waals surface area (Å²) >= 11 is 0. The number of amides is 1. The highest BCUT2D eigenvalue weighted by molar-refractivity contribution is 5.90. The molecule has 1 heterocycles. The fraction of sp³-hybridized carbons (Fsp3) is 0.182. The molecule has 1 amide bonds. The maximum Gasteiger partial charge on any atom is 0.244 e. The number of benzene rings is 2. The van der Waals surface area contributed by atoms with E-state index in [0.29, 0.717) is 11.8 Å². The Morgan fingerprint density at radius 2 is 1.79 bits per heavy atom. The normalized spacial score (nSPS) is 10.6. The van der Waals surface area contributed by atoms with Crippen molar-refractivity contribution in [2.75, 3.05) is 5.32 Å². The van der Waals surface area contributed by atoms with Crippen LogP contribution in [-0.2, 0) is 17.9 Å². The van der Waals surface area contributed by atoms with Crippen LogP contribution in [0, 0.1) is 25.5 Å². The predicted molar refractivity (Wildman–Crippen MR) is 106 cm³/mol. The summed E-state index contributed by atoms with van der Waals surface area (Å²) < 4.78 is 33.8. The molecular weight excluding hydrogens is 378 g/mol. The highest BCUT2D eigenvalue weighted by Gasteiger charge is 2.11. The van der Waals surface area contributed by atoms with Gasteiger partial charge < -0.3 is 14.6 Å². The Bertz CT molecular complexity index is 1090. The molecule has 0 fully saturated rings. The molecule has 0 bridgehead atoms. The van der Waals surface area contributed by atoms with Gasteiger partial charge in [-0.05, 0) is 31.5 Å². The molecule has 0 aliphatic rings. The van der Waals surface area contributed by atoms with E-state index in [1.165, 1.54) is 16.8 Å². The van der Waals surface area contributed by atoms with E-state index in [0.717, 1.165) is 23.3 Å². The van der Waals surface area contributed by atoms with Crippen molar-refractivity contribution in [3.63, 3.8) is 0 Å². The average Bonchev–Trinajstić information content (AvgIpc) is 2.66. The van der Waals surface area contributed by atoms with Crippen LogP contribution in [0.2, 0.25) is 0 Å². The van der Waals surface area contributed by atoms with Crippen molar-refractivity contribution in [2.24, 2.45) is 0 Å². The van der Waals surface area contributed by atoms with E-state index < -0.39 is 17.5 Å². The molecule has 0 saturated carbocycles. The number of anilines is 1. The Morgan fingerprint density at radius 3 is 2.48 bits per heavy atom. The van der Waals surface area contributed by atoms with Crippen LogP contribution in [0.4, 0.5) is 14.5 Å². The number of hydrogen-bond donors (Lipinski definition) is 1. The molecule has 0 unspecified atom stereocenters. The monoisotopic (exact) mass is 398 g/mol. The first-order valence-electron chi connectivity index (χ1n) is 8.96. The van der Waals surface area contributed by atoms with E-state index >= 15 is 0 Å². The van der Waals surface area contributed by atoms with E-state index in [9.17, 15) is 18.4 Å². The number of nitrogens with zero attached hydrogens (tertiary/aromatic N) is 1. The Balaban J connectivity index is 1.71. The number of aromatic nitrogens is 1. The van der Waals surface area contributed by atoms with Gasteiger partial charge in [-0.2, -0.15) is 0 Å². The van der Waals surface area contributed by atoms with Gasteiger partial charge in [0.2, 0.25) is 11.3 Å². The predicted octanol–water partition coefficient (Wildman–Crippen LogP) is 3.96. The zero-order chi connectivity index (χ0) is 21.0. The van der Waals surface area contributed by atoms with Crippen molar-refractivity contribution in [1.82, 2.24) is 4.57 Å². The minimum absolute atomic E-state index is 0.108. The summed E-state index contributed by atoms with van der Waals surface area (Å²) in [6.07, 6.45) is 1.45. The van der Waals surface area contributed by atoms with Gasteiger partial charge in [-0.15, -0.1) is 0 Å². The number of hydrogen-bond acceptors (Lipinski definition) is 3. The minimum atomic E-state index is -0.864. The van der Waals surface area contributed by atoms with E-state index in [2.05, 4.69) is 5.32 Å². The van der Waals surface area contributed by atoms with Crippen LogP contribution in [0.15, 0.2) is 59.5 Å². The fourth-order valence-corrected chi connectivity index (χ4v) is 2.71. The zero-order valence-electron chi connectivity index (χ0n) is 16.0. The molecule has 2 aromatic carbocycles. The van der Waals surface area contributed by atoms with E-state index in [1.807, 2.05) is 31.2 Å². The molecule has 1 aromatic heterocycles. The molecule has 0 atom stereocenters. The first kappa shape index (κ1) is 20.3. The minimum Gasteiger partial charge on any atom is -0.483 e. The number of rotatable bonds is 6. The van der Waals surface area contributed by atoms with E-state index in [-0.39, 0.29) is 30.0 Å². The van der Waals surface area contributed by atoms with E-state index in [4.69, 9.17) is 4.74 Å². The van der Waals surface area contributed by atoms with Crippen molar-refractivity contribution in [3.05, 3.63) is 93.4 Å². The van der Waals surface area contributed by atoms with Crippen LogP contribution in [0.1, 0.15) is 16.8 Å². The van der Waals surface area contributed by atoms with Gasteiger partial charge >= 0.3 is 0 Å². The number of ether oxygens (including phenoxy) is 1. The lowest BCUT2D eigenvalue weighted by Gasteiger charge is -2.14. The highest BCUT2D eigenvalue weighted by Crippen LogP contribution is 2.15. The maximum atomic E-state index is 13.7. The molecular formula is C22H20F2N2O3. The maximum absolute atomic E-state index is 13.7. The van der Waals surface area contributed by atoms with Gasteiger partial charge in [-0.1, -0.05) is 29.8 Å². The molecule has 150 valence electrons. The summed E-state index contributed by atoms with van der Waals surface area (Å²) in [6, 6.07) is 12.0. The smallest absolute Gasteiger partial charge is 0.244 e. The number of nitrogens with one attached hydrogen (secondary N) is 1. The largest absolute Gasteiger partial charge is 0.483 e. The van der Waals surface area contributed by atoms with Gasteiger partial charge in [0.25, 0.3) is 0 Å². The van der Waals surface area contributed by atoms with Crippen LogP contribution >= 0.6 is 0 Å². The summed E-state index contributed by atoms with van der Waals surface area (Å²) in [5, 5.41) is 2.39. The summed E-state index contributed by atoms with van der Waals surface area (Å²) in [7, 11) is 0. The summed E-state index contributed by atoms with van der Waals surface area (Å²) in [5.41, 5.74) is 2.16. The van der Waals surface area contributed by atoms with Crippen molar-refractivity contribution < 1.29 is 18.3 Å². The standard InChI is InChI=1S/C22H20F2N2O3/c1-14-3-5-16(6-4-14)13-29-21-11-26(15(2)9-20(21)27)12-22(28)25-19-8-7-17(23)10-18(19)24/h3-11H,12-13H2,1-2H3,(H,25,28). The van der Waals surface area contributed by atoms with Crippen LogP contribution in [0.3, 0.4) is 0 Å². The van der Waals surface area contributed by atoms with Crippen molar-refractivity contribution >= 4 is 11.6 Å². The molecule has 29 heavy (non-hydrogen) atoms. The summed E-state index contributed by atoms with van der Waals surface area (Å²) in [6.45, 7) is 3.71. The zero-order valence-corrected chi connectivity index (χ0v) is 16.0. The molecule has 1 N–H and O–H groups in total. The molecule has 3 rings (SSSR count). The third-order valence-corrected chi connectivity index (χ3v) is 4.34. The molecule has 5 nitrogen and oxygen atoms in total. The molecule has 7 heteroatoms. The highest BCUT2D eigenvalue weighted by atomic mass is 19.1. The molecule has 0 aliphatic carbocycles. The number of pyridine rings is 1. The van der Waals surface area contributed by atoms with Gasteiger partial charge in [0.15, 0.2) is 5.75 Å². The number of carbonyl (C=O) groups excluding carboxylic acids is 1. The van der Waals surface area contributed by atoms with Gasteiger partial charge in [0, 0.05) is 17.8 Å². The van der Waals surface area contributed by atoms with Crippen LogP contribution in [-0.4, -0.2) is 10.5 Å². The Labute approximate surface area is 166 Å². The SMILES string of the molecule is Cc1ccc(COc2cn(CC(=O)Nc3ccc(F)cc3F)c(C)cc2=O)cc1. The van der Waals surface area contributed by atoms with Gasteiger partial charge in [0.1, 0.15) is 24.8 Å². The van der Waals surface area contributed by atoms with Gasteiger partial charge in [-0.25, -0.2) is 8.78 Å². The quantitative estimate of drug-likeness (QED) is 0.684. The molecule has 0 spiro atoms. The number of aryl methyl sites for hydroxylation is 2. The third kappa shape index (κ3) is 5.28. The average molecular weight is 398 g/mol. The number of carbonyl (C=O) groups is 1. The Kier molecular flexibility index (Phi) is 6.07. The van der Waals surface area contributed by atoms with E-state index in [1.54, 1.807) is 6.92 Å². The van der Waals surface area contributed by atoms with Crippen LogP contribution < -0.4 is 15.5 Å². The lowest BCUT2D eigenvalue weighted by Crippen LogP contribution is -2.22. The van der Waals surface area contributed by atoms with Gasteiger partial charge in [-0.3, -0.25) is 9.59 Å². The lowest BCUT2D eigenvalue weighted by atomic mass is 10.2. The fourth-order valence-electron chi connectivity index (χ4n) is 2.71. The molecule has 0 radical (unpaired) electrons. The van der Waals surface area contributed by atoms with Crippen LogP contribution in [0.5, 0.6) is 5.75 Å².